The SMILES string of the molecule is COc1cc(N=Nc2c(Cl)cc([N+](=O)[O-])cc2Cl)c(OC)cc1N. The zero-order chi connectivity index (χ0) is 17.9. The molecule has 2 N–H and O–H groups in total. The topological polar surface area (TPSA) is 112 Å². The zero-order valence-corrected chi connectivity index (χ0v) is 14.1. The molecule has 0 saturated heterocycles. The number of ether oxygens (including phenoxy) is 2. The second-order valence-corrected chi connectivity index (χ2v) is 5.30. The van der Waals surface area contributed by atoms with Crippen LogP contribution < -0.4 is 15.2 Å². The summed E-state index contributed by atoms with van der Waals surface area (Å²) in [5, 5.41) is 18.7. The number of azo groups is 1. The van der Waals surface area contributed by atoms with E-state index in [0.717, 1.165) is 12.1 Å². The van der Waals surface area contributed by atoms with Gasteiger partial charge in [-0.3, -0.25) is 10.1 Å². The molecule has 10 heteroatoms. The second-order valence-electron chi connectivity index (χ2n) is 4.48. The monoisotopic (exact) mass is 370 g/mol. The minimum atomic E-state index is -0.605. The number of nitrogens with two attached hydrogens (primary N) is 1. The van der Waals surface area contributed by atoms with Gasteiger partial charge >= 0.3 is 0 Å². The summed E-state index contributed by atoms with van der Waals surface area (Å²) < 4.78 is 10.3. The fourth-order valence-corrected chi connectivity index (χ4v) is 2.39. The third kappa shape index (κ3) is 3.66. The molecular formula is C14H12Cl2N4O4. The van der Waals surface area contributed by atoms with Gasteiger partial charge in [0.15, 0.2) is 0 Å². The predicted molar refractivity (Wildman–Crippen MR) is 91.3 cm³/mol. The molecule has 8 nitrogen and oxygen atoms in total. The number of hydrogen-bond donors (Lipinski definition) is 1. The van der Waals surface area contributed by atoms with E-state index in [4.69, 9.17) is 38.4 Å². The third-order valence-corrected chi connectivity index (χ3v) is 3.58. The molecule has 0 aliphatic heterocycles. The second kappa shape index (κ2) is 7.33. The van der Waals surface area contributed by atoms with Crippen molar-refractivity contribution >= 4 is 46.0 Å². The molecule has 2 rings (SSSR count). The number of nitro groups is 1. The van der Waals surface area contributed by atoms with Gasteiger partial charge in [-0.25, -0.2) is 0 Å². The highest BCUT2D eigenvalue weighted by Crippen LogP contribution is 2.40. The number of hydrogen-bond acceptors (Lipinski definition) is 7. The largest absolute Gasteiger partial charge is 0.495 e. The average molecular weight is 371 g/mol. The van der Waals surface area contributed by atoms with Crippen LogP contribution in [0.3, 0.4) is 0 Å². The molecule has 0 heterocycles. The van der Waals surface area contributed by atoms with Crippen LogP contribution in [0.1, 0.15) is 0 Å². The Morgan fingerprint density at radius 3 is 2.12 bits per heavy atom. The van der Waals surface area contributed by atoms with Gasteiger partial charge in [0, 0.05) is 24.3 Å². The number of nitrogens with zero attached hydrogens (tertiary/aromatic N) is 3. The summed E-state index contributed by atoms with van der Waals surface area (Å²) in [5.74, 6) is 0.761. The number of anilines is 1. The van der Waals surface area contributed by atoms with Gasteiger partial charge in [-0.2, -0.15) is 0 Å². The first-order valence-electron chi connectivity index (χ1n) is 6.44. The van der Waals surface area contributed by atoms with E-state index in [1.165, 1.54) is 26.4 Å². The Morgan fingerprint density at radius 2 is 1.62 bits per heavy atom. The van der Waals surface area contributed by atoms with E-state index in [2.05, 4.69) is 10.2 Å². The number of rotatable bonds is 5. The molecule has 0 amide bonds. The molecule has 0 atom stereocenters. The van der Waals surface area contributed by atoms with Crippen LogP contribution in [-0.2, 0) is 0 Å². The molecular weight excluding hydrogens is 359 g/mol. The van der Waals surface area contributed by atoms with E-state index in [0.29, 0.717) is 22.9 Å². The van der Waals surface area contributed by atoms with Crippen molar-refractivity contribution < 1.29 is 14.4 Å². The number of nitro benzene ring substituents is 1. The first-order valence-corrected chi connectivity index (χ1v) is 7.19. The van der Waals surface area contributed by atoms with Crippen molar-refractivity contribution in [1.82, 2.24) is 0 Å². The minimum absolute atomic E-state index is 0.000623. The summed E-state index contributed by atoms with van der Waals surface area (Å²) in [5.41, 5.74) is 6.35. The van der Waals surface area contributed by atoms with E-state index in [1.54, 1.807) is 0 Å². The molecule has 126 valence electrons. The Hall–Kier alpha value is -2.58. The van der Waals surface area contributed by atoms with Crippen LogP contribution in [0.25, 0.3) is 0 Å². The maximum atomic E-state index is 10.8. The van der Waals surface area contributed by atoms with E-state index >= 15 is 0 Å². The van der Waals surface area contributed by atoms with Gasteiger partial charge in [0.25, 0.3) is 5.69 Å². The minimum Gasteiger partial charge on any atom is -0.495 e. The van der Waals surface area contributed by atoms with Gasteiger partial charge in [-0.1, -0.05) is 23.2 Å². The van der Waals surface area contributed by atoms with E-state index in [9.17, 15) is 10.1 Å². The van der Waals surface area contributed by atoms with Gasteiger partial charge in [0.05, 0.1) is 34.9 Å². The maximum absolute atomic E-state index is 10.8. The molecule has 0 aliphatic carbocycles. The summed E-state index contributed by atoms with van der Waals surface area (Å²) in [6.07, 6.45) is 0. The van der Waals surface area contributed by atoms with Crippen molar-refractivity contribution in [3.8, 4) is 11.5 Å². The summed E-state index contributed by atoms with van der Waals surface area (Å²) in [6.45, 7) is 0. The highest BCUT2D eigenvalue weighted by atomic mass is 35.5. The van der Waals surface area contributed by atoms with Gasteiger partial charge < -0.3 is 15.2 Å². The summed E-state index contributed by atoms with van der Waals surface area (Å²) >= 11 is 12.0. The van der Waals surface area contributed by atoms with Crippen molar-refractivity contribution in [3.63, 3.8) is 0 Å². The predicted octanol–water partition coefficient (Wildman–Crippen LogP) is 4.92. The summed E-state index contributed by atoms with van der Waals surface area (Å²) in [6, 6.07) is 5.35. The number of halogens is 2. The molecule has 2 aromatic carbocycles. The van der Waals surface area contributed by atoms with E-state index in [1.807, 2.05) is 0 Å². The first-order chi connectivity index (χ1) is 11.4. The van der Waals surface area contributed by atoms with Gasteiger partial charge in [-0.05, 0) is 0 Å². The summed E-state index contributed by atoms with van der Waals surface area (Å²) in [7, 11) is 2.91. The molecule has 0 radical (unpaired) electrons. The molecule has 0 aromatic heterocycles. The van der Waals surface area contributed by atoms with Crippen molar-refractivity contribution in [2.24, 2.45) is 10.2 Å². The molecule has 0 saturated carbocycles. The number of non-ortho nitro benzene ring substituents is 1. The Balaban J connectivity index is 2.46. The first kappa shape index (κ1) is 17.8. The zero-order valence-electron chi connectivity index (χ0n) is 12.6. The van der Waals surface area contributed by atoms with Gasteiger partial charge in [0.1, 0.15) is 22.9 Å². The molecule has 0 fully saturated rings. The lowest BCUT2D eigenvalue weighted by molar-refractivity contribution is -0.384. The number of methoxy groups -OCH3 is 2. The Bertz CT molecular complexity index is 804. The van der Waals surface area contributed by atoms with Crippen molar-refractivity contribution in [3.05, 3.63) is 44.4 Å². The smallest absolute Gasteiger partial charge is 0.272 e. The standard InChI is InChI=1S/C14H12Cl2N4O4/c1-23-12-6-11(13(24-2)5-10(12)17)18-19-14-8(15)3-7(20(21)22)4-9(14)16/h3-6H,17H2,1-2H3. The van der Waals surface area contributed by atoms with Crippen molar-refractivity contribution in [1.29, 1.82) is 0 Å². The Morgan fingerprint density at radius 1 is 1.04 bits per heavy atom. The lowest BCUT2D eigenvalue weighted by Crippen LogP contribution is -1.94. The summed E-state index contributed by atoms with van der Waals surface area (Å²) in [4.78, 5) is 10.2. The normalized spacial score (nSPS) is 10.8. The molecule has 0 bridgehead atoms. The van der Waals surface area contributed by atoms with Crippen LogP contribution in [0.15, 0.2) is 34.5 Å². The van der Waals surface area contributed by atoms with Crippen molar-refractivity contribution in [2.75, 3.05) is 20.0 Å². The van der Waals surface area contributed by atoms with Crippen LogP contribution in [0.2, 0.25) is 10.0 Å². The Labute approximate surface area is 146 Å². The molecule has 2 aromatic rings. The Kier molecular flexibility index (Phi) is 5.42. The lowest BCUT2D eigenvalue weighted by atomic mass is 10.2. The molecule has 24 heavy (non-hydrogen) atoms. The van der Waals surface area contributed by atoms with Gasteiger partial charge in [-0.15, -0.1) is 10.2 Å². The number of nitrogen functional groups attached to an aromatic ring is 1. The fraction of sp³-hybridized carbons (Fsp3) is 0.143. The molecule has 0 aliphatic rings. The van der Waals surface area contributed by atoms with E-state index < -0.39 is 4.92 Å². The van der Waals surface area contributed by atoms with Gasteiger partial charge in [0.2, 0.25) is 0 Å². The highest BCUT2D eigenvalue weighted by Gasteiger charge is 2.15. The average Bonchev–Trinajstić information content (AvgIpc) is 2.54. The van der Waals surface area contributed by atoms with Crippen LogP contribution in [0, 0.1) is 10.1 Å². The number of benzene rings is 2. The van der Waals surface area contributed by atoms with Crippen LogP contribution >= 0.6 is 23.2 Å². The lowest BCUT2D eigenvalue weighted by Gasteiger charge is -2.09. The van der Waals surface area contributed by atoms with Crippen LogP contribution in [0.4, 0.5) is 22.7 Å². The molecule has 0 spiro atoms. The maximum Gasteiger partial charge on any atom is 0.272 e. The third-order valence-electron chi connectivity index (χ3n) is 3.00. The fourth-order valence-electron chi connectivity index (χ4n) is 1.84. The van der Waals surface area contributed by atoms with Crippen molar-refractivity contribution in [2.45, 2.75) is 0 Å². The molecule has 0 unspecified atom stereocenters. The van der Waals surface area contributed by atoms with Crippen LogP contribution in [0.5, 0.6) is 11.5 Å². The van der Waals surface area contributed by atoms with E-state index in [-0.39, 0.29) is 21.4 Å². The highest BCUT2D eigenvalue weighted by molar-refractivity contribution is 6.39. The quantitative estimate of drug-likeness (QED) is 0.347. The van der Waals surface area contributed by atoms with Crippen LogP contribution in [-0.4, -0.2) is 19.1 Å².